The van der Waals surface area contributed by atoms with Gasteiger partial charge < -0.3 is 25.6 Å². The highest BCUT2D eigenvalue weighted by molar-refractivity contribution is 14.0. The molecule has 1 heterocycles. The summed E-state index contributed by atoms with van der Waals surface area (Å²) in [7, 11) is 1.68. The monoisotopic (exact) mass is 511 g/mol. The standard InChI is InChI=1S/C19H37N5O3.HI/c1-18(2,3)23-15(25)13-22-16(20-7)21-12-14-8-10-24(11-9-14)17(26)27-19(4,5)6;/h14H,8-13H2,1-7H3,(H,23,25)(H2,20,21,22);1H. The van der Waals surface area contributed by atoms with E-state index in [9.17, 15) is 9.59 Å². The van der Waals surface area contributed by atoms with Crippen LogP contribution >= 0.6 is 24.0 Å². The SMILES string of the molecule is CN=C(NCC(=O)NC(C)(C)C)NCC1CCN(C(=O)OC(C)(C)C)CC1.I. The van der Waals surface area contributed by atoms with Crippen LogP contribution in [0.5, 0.6) is 0 Å². The first-order valence-corrected chi connectivity index (χ1v) is 9.63. The molecule has 0 aromatic carbocycles. The van der Waals surface area contributed by atoms with Gasteiger partial charge in [-0.1, -0.05) is 0 Å². The molecule has 0 spiro atoms. The molecule has 0 radical (unpaired) electrons. The molecule has 1 rings (SSSR count). The summed E-state index contributed by atoms with van der Waals surface area (Å²) in [6.07, 6.45) is 1.58. The zero-order valence-electron chi connectivity index (χ0n) is 18.3. The summed E-state index contributed by atoms with van der Waals surface area (Å²) >= 11 is 0. The predicted octanol–water partition coefficient (Wildman–Crippen LogP) is 2.33. The lowest BCUT2D eigenvalue weighted by Crippen LogP contribution is -2.49. The number of halogens is 1. The van der Waals surface area contributed by atoms with E-state index in [-0.39, 0.29) is 48.1 Å². The number of piperidine rings is 1. The summed E-state index contributed by atoms with van der Waals surface area (Å²) in [5, 5.41) is 9.19. The van der Waals surface area contributed by atoms with Crippen molar-refractivity contribution in [2.45, 2.75) is 65.5 Å². The molecule has 1 fully saturated rings. The molecule has 1 aliphatic heterocycles. The molecular weight excluding hydrogens is 473 g/mol. The summed E-state index contributed by atoms with van der Waals surface area (Å²) in [6.45, 7) is 13.8. The van der Waals surface area contributed by atoms with Crippen LogP contribution in [-0.4, -0.2) is 67.2 Å². The number of nitrogens with zero attached hydrogens (tertiary/aromatic N) is 2. The molecule has 0 aromatic heterocycles. The van der Waals surface area contributed by atoms with E-state index >= 15 is 0 Å². The fourth-order valence-electron chi connectivity index (χ4n) is 2.73. The number of aliphatic imine (C=N–C) groups is 1. The number of guanidine groups is 1. The molecule has 9 heteroatoms. The molecule has 1 aliphatic rings. The van der Waals surface area contributed by atoms with Crippen LogP contribution < -0.4 is 16.0 Å². The smallest absolute Gasteiger partial charge is 0.410 e. The highest BCUT2D eigenvalue weighted by Crippen LogP contribution is 2.19. The molecular formula is C19H38IN5O3. The van der Waals surface area contributed by atoms with Gasteiger partial charge in [0.15, 0.2) is 5.96 Å². The Balaban J connectivity index is 0.00000729. The van der Waals surface area contributed by atoms with Crippen molar-refractivity contribution < 1.29 is 14.3 Å². The topological polar surface area (TPSA) is 95.1 Å². The van der Waals surface area contributed by atoms with Gasteiger partial charge in [-0.15, -0.1) is 24.0 Å². The number of nitrogens with one attached hydrogen (secondary N) is 3. The number of likely N-dealkylation sites (tertiary alicyclic amines) is 1. The summed E-state index contributed by atoms with van der Waals surface area (Å²) in [5.74, 6) is 0.982. The number of hydrogen-bond donors (Lipinski definition) is 3. The molecule has 0 aliphatic carbocycles. The highest BCUT2D eigenvalue weighted by atomic mass is 127. The molecule has 0 bridgehead atoms. The molecule has 3 N–H and O–H groups in total. The average molecular weight is 511 g/mol. The van der Waals surface area contributed by atoms with Gasteiger partial charge in [-0.05, 0) is 60.3 Å². The van der Waals surface area contributed by atoms with Crippen LogP contribution in [0.3, 0.4) is 0 Å². The number of carbonyl (C=O) groups is 2. The molecule has 0 saturated carbocycles. The predicted molar refractivity (Wildman–Crippen MR) is 123 cm³/mol. The minimum Gasteiger partial charge on any atom is -0.444 e. The first-order valence-electron chi connectivity index (χ1n) is 9.63. The quantitative estimate of drug-likeness (QED) is 0.306. The van der Waals surface area contributed by atoms with Crippen LogP contribution in [0.25, 0.3) is 0 Å². The number of carbonyl (C=O) groups excluding carboxylic acids is 2. The van der Waals surface area contributed by atoms with Gasteiger partial charge in [-0.25, -0.2) is 4.79 Å². The van der Waals surface area contributed by atoms with Crippen LogP contribution in [0.4, 0.5) is 4.79 Å². The third kappa shape index (κ3) is 11.6. The molecule has 1 saturated heterocycles. The van der Waals surface area contributed by atoms with E-state index in [0.717, 1.165) is 19.4 Å². The summed E-state index contributed by atoms with van der Waals surface area (Å²) in [6, 6.07) is 0. The molecule has 8 nitrogen and oxygen atoms in total. The third-order valence-corrected chi connectivity index (χ3v) is 3.98. The lowest BCUT2D eigenvalue weighted by Gasteiger charge is -2.33. The van der Waals surface area contributed by atoms with Gasteiger partial charge in [-0.2, -0.15) is 0 Å². The Morgan fingerprint density at radius 3 is 2.11 bits per heavy atom. The highest BCUT2D eigenvalue weighted by Gasteiger charge is 2.26. The lowest BCUT2D eigenvalue weighted by atomic mass is 9.97. The zero-order valence-corrected chi connectivity index (χ0v) is 20.7. The maximum absolute atomic E-state index is 12.1. The number of amides is 2. The van der Waals surface area contributed by atoms with Crippen molar-refractivity contribution in [3.8, 4) is 0 Å². The molecule has 2 amide bonds. The van der Waals surface area contributed by atoms with E-state index in [1.807, 2.05) is 41.5 Å². The van der Waals surface area contributed by atoms with Crippen molar-refractivity contribution in [1.82, 2.24) is 20.9 Å². The van der Waals surface area contributed by atoms with Crippen LogP contribution in [0.2, 0.25) is 0 Å². The van der Waals surface area contributed by atoms with Gasteiger partial charge in [0.2, 0.25) is 5.91 Å². The number of hydrogen-bond acceptors (Lipinski definition) is 4. The second-order valence-corrected chi connectivity index (χ2v) is 9.02. The van der Waals surface area contributed by atoms with E-state index in [2.05, 4.69) is 20.9 Å². The fraction of sp³-hybridized carbons (Fsp3) is 0.842. The first kappa shape index (κ1) is 26.7. The second-order valence-electron chi connectivity index (χ2n) is 9.02. The van der Waals surface area contributed by atoms with Gasteiger partial charge >= 0.3 is 6.09 Å². The van der Waals surface area contributed by atoms with Crippen LogP contribution in [0.15, 0.2) is 4.99 Å². The van der Waals surface area contributed by atoms with Crippen molar-refractivity contribution >= 4 is 41.9 Å². The van der Waals surface area contributed by atoms with Gasteiger partial charge in [0.05, 0.1) is 6.54 Å². The number of ether oxygens (including phenoxy) is 1. The van der Waals surface area contributed by atoms with Gasteiger partial charge in [0, 0.05) is 32.2 Å². The van der Waals surface area contributed by atoms with Crippen LogP contribution in [-0.2, 0) is 9.53 Å². The first-order chi connectivity index (χ1) is 12.4. The Bertz CT molecular complexity index is 533. The van der Waals surface area contributed by atoms with Crippen molar-refractivity contribution in [2.24, 2.45) is 10.9 Å². The van der Waals surface area contributed by atoms with E-state index in [4.69, 9.17) is 4.74 Å². The maximum Gasteiger partial charge on any atom is 0.410 e. The molecule has 0 aromatic rings. The molecule has 0 unspecified atom stereocenters. The maximum atomic E-state index is 12.1. The van der Waals surface area contributed by atoms with Crippen molar-refractivity contribution in [3.05, 3.63) is 0 Å². The molecule has 28 heavy (non-hydrogen) atoms. The van der Waals surface area contributed by atoms with E-state index < -0.39 is 5.60 Å². The second kappa shape index (κ2) is 11.7. The Morgan fingerprint density at radius 2 is 1.64 bits per heavy atom. The minimum atomic E-state index is -0.465. The summed E-state index contributed by atoms with van der Waals surface area (Å²) in [5.41, 5.74) is -0.718. The Hall–Kier alpha value is -1.26. The Kier molecular flexibility index (Phi) is 11.1. The molecule has 164 valence electrons. The Labute approximate surface area is 186 Å². The van der Waals surface area contributed by atoms with Gasteiger partial charge in [0.1, 0.15) is 5.60 Å². The normalized spacial score (nSPS) is 16.1. The zero-order chi connectivity index (χ0) is 20.7. The van der Waals surface area contributed by atoms with E-state index in [1.165, 1.54) is 0 Å². The van der Waals surface area contributed by atoms with E-state index in [0.29, 0.717) is 25.0 Å². The molecule has 0 atom stereocenters. The van der Waals surface area contributed by atoms with Crippen LogP contribution in [0, 0.1) is 5.92 Å². The average Bonchev–Trinajstić information content (AvgIpc) is 2.52. The van der Waals surface area contributed by atoms with Gasteiger partial charge in [0.25, 0.3) is 0 Å². The summed E-state index contributed by atoms with van der Waals surface area (Å²) < 4.78 is 5.42. The van der Waals surface area contributed by atoms with Crippen molar-refractivity contribution in [3.63, 3.8) is 0 Å². The Morgan fingerprint density at radius 1 is 1.07 bits per heavy atom. The van der Waals surface area contributed by atoms with Gasteiger partial charge in [-0.3, -0.25) is 9.79 Å². The van der Waals surface area contributed by atoms with Crippen LogP contribution in [0.1, 0.15) is 54.4 Å². The van der Waals surface area contributed by atoms with Crippen molar-refractivity contribution in [2.75, 3.05) is 33.2 Å². The van der Waals surface area contributed by atoms with E-state index in [1.54, 1.807) is 11.9 Å². The third-order valence-electron chi connectivity index (χ3n) is 3.98. The minimum absolute atomic E-state index is 0. The fourth-order valence-corrected chi connectivity index (χ4v) is 2.73. The number of rotatable bonds is 4. The van der Waals surface area contributed by atoms with Crippen molar-refractivity contribution in [1.29, 1.82) is 0 Å². The lowest BCUT2D eigenvalue weighted by molar-refractivity contribution is -0.121. The summed E-state index contributed by atoms with van der Waals surface area (Å²) in [4.78, 5) is 29.9. The largest absolute Gasteiger partial charge is 0.444 e.